The highest BCUT2D eigenvalue weighted by atomic mass is 32.2. The zero-order valence-electron chi connectivity index (χ0n) is 31.4. The van der Waals surface area contributed by atoms with Crippen LogP contribution in [0.1, 0.15) is 28.9 Å². The summed E-state index contributed by atoms with van der Waals surface area (Å²) in [5, 5.41) is 20.2. The number of thioether (sulfide) groups is 2. The number of aliphatic carboxylic acids is 1. The van der Waals surface area contributed by atoms with Gasteiger partial charge < -0.3 is 35.5 Å². The number of fused-ring (bicyclic) bond motifs is 1. The van der Waals surface area contributed by atoms with Gasteiger partial charge in [-0.1, -0.05) is 35.0 Å². The summed E-state index contributed by atoms with van der Waals surface area (Å²) in [7, 11) is 3.14. The summed E-state index contributed by atoms with van der Waals surface area (Å²) in [6.45, 7) is 1.93. The van der Waals surface area contributed by atoms with Gasteiger partial charge in [0.1, 0.15) is 17.2 Å². The quantitative estimate of drug-likeness (QED) is 0.0450. The van der Waals surface area contributed by atoms with E-state index in [0.29, 0.717) is 21.8 Å². The number of benzene rings is 2. The molecule has 0 radical (unpaired) electrons. The minimum Gasteiger partial charge on any atom is -0.543 e. The molecule has 20 heteroatoms. The van der Waals surface area contributed by atoms with E-state index < -0.39 is 58.4 Å². The number of carboxylic acids is 1. The highest BCUT2D eigenvalue weighted by Crippen LogP contribution is 2.45. The zero-order chi connectivity index (χ0) is 41.7. The monoisotopic (exact) mass is 830 g/mol. The normalized spacial score (nSPS) is 19.4. The second-order valence-electron chi connectivity index (χ2n) is 13.0. The molecule has 0 spiro atoms. The van der Waals surface area contributed by atoms with Crippen LogP contribution in [0.4, 0.5) is 4.79 Å². The van der Waals surface area contributed by atoms with Gasteiger partial charge in [-0.25, -0.2) is 4.79 Å². The molecule has 2 fully saturated rings. The molecule has 2 aromatic carbocycles. The van der Waals surface area contributed by atoms with E-state index in [0.717, 1.165) is 21.6 Å². The first-order valence-electron chi connectivity index (χ1n) is 17.8. The number of carbonyl (C=O) groups is 8. The number of urea groups is 1. The van der Waals surface area contributed by atoms with Crippen molar-refractivity contribution in [3.63, 3.8) is 0 Å². The van der Waals surface area contributed by atoms with Crippen LogP contribution in [0.5, 0.6) is 5.75 Å². The first kappa shape index (κ1) is 41.2. The van der Waals surface area contributed by atoms with Crippen molar-refractivity contribution in [2.45, 2.75) is 28.9 Å². The van der Waals surface area contributed by atoms with Crippen LogP contribution in [0, 0.1) is 0 Å². The van der Waals surface area contributed by atoms with Gasteiger partial charge in [0.25, 0.3) is 5.91 Å². The van der Waals surface area contributed by atoms with Crippen LogP contribution in [0.3, 0.4) is 0 Å². The van der Waals surface area contributed by atoms with Gasteiger partial charge in [0.05, 0.1) is 25.8 Å². The number of hydrogen-bond acceptors (Lipinski definition) is 12. The number of β-lactam (4-membered cyclic amide) rings is 1. The van der Waals surface area contributed by atoms with Crippen molar-refractivity contribution >= 4 is 71.5 Å². The van der Waals surface area contributed by atoms with Crippen molar-refractivity contribution < 1.29 is 52.9 Å². The summed E-state index contributed by atoms with van der Waals surface area (Å²) in [5.41, 5.74) is -1.48. The fourth-order valence-electron chi connectivity index (χ4n) is 6.58. The zero-order valence-corrected chi connectivity index (χ0v) is 33.0. The molecule has 6 rings (SSSR count). The average molecular weight is 831 g/mol. The predicted molar refractivity (Wildman–Crippen MR) is 206 cm³/mol. The van der Waals surface area contributed by atoms with E-state index in [2.05, 4.69) is 16.0 Å². The molecule has 0 aliphatic carbocycles. The van der Waals surface area contributed by atoms with Gasteiger partial charge in [-0.3, -0.25) is 38.6 Å². The Labute approximate surface area is 340 Å². The number of piperazine rings is 1. The topological polar surface area (TPSA) is 222 Å². The fraction of sp³-hybridized carbons (Fsp3) is 0.289. The Morgan fingerprint density at radius 2 is 1.72 bits per heavy atom. The lowest BCUT2D eigenvalue weighted by atomic mass is 9.94. The van der Waals surface area contributed by atoms with Crippen molar-refractivity contribution in [1.29, 1.82) is 0 Å². The molecule has 18 nitrogen and oxygen atoms in total. The van der Waals surface area contributed by atoms with Crippen molar-refractivity contribution in [2.24, 2.45) is 0 Å². The number of likely N-dealkylation sites (N-methyl/N-ethyl adjacent to an activating group) is 1. The van der Waals surface area contributed by atoms with Gasteiger partial charge in [0.2, 0.25) is 30.4 Å². The van der Waals surface area contributed by atoms with E-state index in [4.69, 9.17) is 4.74 Å². The smallest absolute Gasteiger partial charge is 0.325 e. The molecule has 3 aliphatic heterocycles. The number of carbonyl (C=O) groups excluding carboxylic acids is 8. The summed E-state index contributed by atoms with van der Waals surface area (Å²) in [4.78, 5) is 108. The first-order valence-corrected chi connectivity index (χ1v) is 19.8. The van der Waals surface area contributed by atoms with Crippen molar-refractivity contribution in [3.05, 3.63) is 102 Å². The number of rotatable bonds is 14. The summed E-state index contributed by atoms with van der Waals surface area (Å²) in [5.74, 6) is -4.95. The summed E-state index contributed by atoms with van der Waals surface area (Å²) < 4.78 is 6.73. The average Bonchev–Trinajstić information content (AvgIpc) is 3.24. The third-order valence-electron chi connectivity index (χ3n) is 9.72. The first-order chi connectivity index (χ1) is 27.8. The van der Waals surface area contributed by atoms with Crippen molar-refractivity contribution in [3.8, 4) is 5.75 Å². The number of amides is 8. The van der Waals surface area contributed by atoms with Gasteiger partial charge in [0.15, 0.2) is 0 Å². The fourth-order valence-corrected chi connectivity index (χ4v) is 9.03. The number of methoxy groups -OCH3 is 1. The Hall–Kier alpha value is -6.41. The Morgan fingerprint density at radius 1 is 1.03 bits per heavy atom. The third-order valence-corrected chi connectivity index (χ3v) is 12.2. The lowest BCUT2D eigenvalue weighted by Crippen LogP contribution is -2.85. The molecule has 0 bridgehead atoms. The summed E-state index contributed by atoms with van der Waals surface area (Å²) in [6, 6.07) is 15.5. The van der Waals surface area contributed by atoms with E-state index >= 15 is 0 Å². The molecule has 2 saturated heterocycles. The van der Waals surface area contributed by atoms with E-state index in [1.807, 2.05) is 0 Å². The molecule has 3 aromatic rings. The maximum atomic E-state index is 14.0. The highest BCUT2D eigenvalue weighted by Gasteiger charge is 2.65. The minimum absolute atomic E-state index is 0.0770. The van der Waals surface area contributed by atoms with Gasteiger partial charge in [-0.15, -0.1) is 28.5 Å². The van der Waals surface area contributed by atoms with Crippen LogP contribution in [0.15, 0.2) is 95.3 Å². The summed E-state index contributed by atoms with van der Waals surface area (Å²) in [6.07, 6.45) is 3.53. The van der Waals surface area contributed by atoms with Gasteiger partial charge in [-0.05, 0) is 42.3 Å². The lowest BCUT2D eigenvalue weighted by molar-refractivity contribution is -0.679. The van der Waals surface area contributed by atoms with Crippen molar-refractivity contribution in [1.82, 2.24) is 30.7 Å². The number of imide groups is 1. The second-order valence-corrected chi connectivity index (χ2v) is 15.1. The van der Waals surface area contributed by atoms with E-state index in [1.54, 1.807) is 85.6 Å². The number of carboxylic acid groups (broad SMARTS) is 1. The molecule has 3 atom stereocenters. The maximum absolute atomic E-state index is 14.0. The largest absolute Gasteiger partial charge is 0.543 e. The second kappa shape index (κ2) is 17.4. The maximum Gasteiger partial charge on any atom is 0.325 e. The number of ether oxygens (including phenoxy) is 1. The molecule has 4 heterocycles. The van der Waals surface area contributed by atoms with Gasteiger partial charge in [0, 0.05) is 53.7 Å². The molecular formula is C38H38N8O10S2. The molecule has 58 heavy (non-hydrogen) atoms. The summed E-state index contributed by atoms with van der Waals surface area (Å²) >= 11 is 2.38. The molecule has 3 aliphatic rings. The molecule has 1 aromatic heterocycles. The molecule has 0 saturated carbocycles. The minimum atomic E-state index is -2.12. The van der Waals surface area contributed by atoms with Crippen LogP contribution in [-0.4, -0.2) is 119 Å². The highest BCUT2D eigenvalue weighted by molar-refractivity contribution is 8.01. The third kappa shape index (κ3) is 7.92. The Balaban J connectivity index is 1.16. The van der Waals surface area contributed by atoms with E-state index in [9.17, 15) is 43.5 Å². The number of pyridine rings is 1. The van der Waals surface area contributed by atoms with E-state index in [-0.39, 0.29) is 49.0 Å². The molecule has 3 N–H and O–H groups in total. The Kier molecular flexibility index (Phi) is 12.4. The number of aromatic nitrogens is 1. The molecule has 302 valence electrons. The predicted octanol–water partition coefficient (Wildman–Crippen LogP) is -0.898. The standard InChI is InChI=1S/C38H38N8O10S2/c1-4-43-18-19-45(33(51)32(43)50)37(55)40-28(23-8-6-5-7-9-23)30(48)41-38(39-22-47)35(54)46-29(34(52)53)25(21-58-36(38)46)20-57-27-14-16-44(17-15-27)42(2)31(49)24-10-12-26(56-3)13-11-24/h5-17,22,28,36H,4,18-21H2,1-3H3,(H3-,39,40,41,47,48,52,53,55)/t28-,36-,38-/m1/s1. The van der Waals surface area contributed by atoms with Crippen molar-refractivity contribution in [2.75, 3.05) is 50.3 Å². The SMILES string of the molecule is CCN1CCN(C(=O)N[C@@H](C(=O)N[C@]2(NC=O)C(=O)N3C(C(=O)[O-])=C(CSc4cc[n+](N(C)C(=O)c5ccc(OC)cc5)cc4)CS[C@@H]32)c2ccccc2)C(=O)C1=O. The number of hydrogen-bond donors (Lipinski definition) is 3. The van der Waals surface area contributed by atoms with Crippen LogP contribution in [0.25, 0.3) is 0 Å². The van der Waals surface area contributed by atoms with Crippen LogP contribution < -0.4 is 35.5 Å². The van der Waals surface area contributed by atoms with Gasteiger partial charge in [-0.2, -0.15) is 0 Å². The van der Waals surface area contributed by atoms with Crippen LogP contribution in [0.2, 0.25) is 0 Å². The van der Waals surface area contributed by atoms with Crippen LogP contribution >= 0.6 is 23.5 Å². The lowest BCUT2D eigenvalue weighted by Gasteiger charge is -2.57. The molecule has 0 unspecified atom stereocenters. The Morgan fingerprint density at radius 3 is 2.34 bits per heavy atom. The van der Waals surface area contributed by atoms with Gasteiger partial charge >= 0.3 is 23.8 Å². The number of nitrogens with one attached hydrogen (secondary N) is 3. The Bertz CT molecular complexity index is 2170. The molecule has 8 amide bonds. The van der Waals surface area contributed by atoms with Crippen LogP contribution in [-0.2, 0) is 28.8 Å². The molecular weight excluding hydrogens is 793 g/mol. The van der Waals surface area contributed by atoms with E-state index in [1.165, 1.54) is 40.9 Å². The number of nitrogens with zero attached hydrogens (tertiary/aromatic N) is 5.